The standard InChI is InChI=1S/C15H21Br2ClO/c1-9-10(19)7-11(16)13(2,3)15(9)6-5-14(4,18)12(17)8-15/h7,10,12,19H,1,5-6,8H2,2-4H3. The molecule has 108 valence electrons. The smallest absolute Gasteiger partial charge is 0.0945 e. The molecular weight excluding hydrogens is 391 g/mol. The average molecular weight is 413 g/mol. The summed E-state index contributed by atoms with van der Waals surface area (Å²) in [6.07, 6.45) is 4.08. The van der Waals surface area contributed by atoms with Crippen molar-refractivity contribution in [2.75, 3.05) is 0 Å². The molecule has 1 spiro atoms. The van der Waals surface area contributed by atoms with Gasteiger partial charge in [0, 0.05) is 20.1 Å². The fraction of sp³-hybridized carbons (Fsp3) is 0.733. The maximum atomic E-state index is 10.3. The van der Waals surface area contributed by atoms with Crippen molar-refractivity contribution in [1.82, 2.24) is 0 Å². The molecule has 1 nitrogen and oxygen atoms in total. The summed E-state index contributed by atoms with van der Waals surface area (Å²) in [5.74, 6) is 0. The van der Waals surface area contributed by atoms with Gasteiger partial charge < -0.3 is 5.11 Å². The molecule has 4 atom stereocenters. The first-order valence-corrected chi connectivity index (χ1v) is 8.71. The Labute approximate surface area is 137 Å². The molecule has 0 aromatic carbocycles. The molecule has 0 radical (unpaired) electrons. The molecular formula is C15H21Br2ClO. The number of aliphatic hydroxyl groups excluding tert-OH is 1. The monoisotopic (exact) mass is 410 g/mol. The molecule has 2 aliphatic carbocycles. The fourth-order valence-electron chi connectivity index (χ4n) is 3.46. The summed E-state index contributed by atoms with van der Waals surface area (Å²) in [7, 11) is 0. The topological polar surface area (TPSA) is 20.2 Å². The zero-order valence-electron chi connectivity index (χ0n) is 11.6. The fourth-order valence-corrected chi connectivity index (χ4v) is 5.04. The second-order valence-electron chi connectivity index (χ2n) is 6.64. The molecule has 1 N–H and O–H groups in total. The van der Waals surface area contributed by atoms with E-state index in [0.717, 1.165) is 29.3 Å². The van der Waals surface area contributed by atoms with Gasteiger partial charge >= 0.3 is 0 Å². The lowest BCUT2D eigenvalue weighted by Gasteiger charge is -2.57. The number of halogens is 3. The first kappa shape index (κ1) is 16.1. The molecule has 4 unspecified atom stereocenters. The minimum Gasteiger partial charge on any atom is -0.385 e. The number of allylic oxidation sites excluding steroid dienone is 1. The maximum absolute atomic E-state index is 10.3. The first-order chi connectivity index (χ1) is 8.54. The van der Waals surface area contributed by atoms with E-state index in [-0.39, 0.29) is 20.5 Å². The molecule has 4 heteroatoms. The van der Waals surface area contributed by atoms with E-state index in [1.54, 1.807) is 0 Å². The van der Waals surface area contributed by atoms with Crippen LogP contribution in [0, 0.1) is 10.8 Å². The van der Waals surface area contributed by atoms with Crippen LogP contribution in [0.4, 0.5) is 0 Å². The van der Waals surface area contributed by atoms with Crippen LogP contribution in [-0.2, 0) is 0 Å². The van der Waals surface area contributed by atoms with E-state index in [1.807, 2.05) is 6.08 Å². The van der Waals surface area contributed by atoms with Crippen molar-refractivity contribution in [3.8, 4) is 0 Å². The number of rotatable bonds is 0. The summed E-state index contributed by atoms with van der Waals surface area (Å²) in [6.45, 7) is 10.7. The molecule has 19 heavy (non-hydrogen) atoms. The van der Waals surface area contributed by atoms with Crippen LogP contribution in [0.3, 0.4) is 0 Å². The second kappa shape index (κ2) is 4.86. The second-order valence-corrected chi connectivity index (χ2v) is 9.46. The van der Waals surface area contributed by atoms with Crippen molar-refractivity contribution >= 4 is 43.5 Å². The summed E-state index contributed by atoms with van der Waals surface area (Å²) in [6, 6.07) is 0. The van der Waals surface area contributed by atoms with E-state index in [4.69, 9.17) is 11.6 Å². The van der Waals surface area contributed by atoms with Gasteiger partial charge in [0.1, 0.15) is 0 Å². The third-order valence-electron chi connectivity index (χ3n) is 5.29. The summed E-state index contributed by atoms with van der Waals surface area (Å²) in [5, 5.41) is 10.3. The summed E-state index contributed by atoms with van der Waals surface area (Å²) in [4.78, 5) is -0.00254. The lowest BCUT2D eigenvalue weighted by Crippen LogP contribution is -2.53. The summed E-state index contributed by atoms with van der Waals surface area (Å²) < 4.78 is 1.07. The van der Waals surface area contributed by atoms with Gasteiger partial charge in [0.05, 0.1) is 11.0 Å². The number of hydrogen-bond donors (Lipinski definition) is 1. The van der Waals surface area contributed by atoms with Crippen LogP contribution in [-0.4, -0.2) is 20.9 Å². The van der Waals surface area contributed by atoms with Gasteiger partial charge in [-0.25, -0.2) is 0 Å². The van der Waals surface area contributed by atoms with E-state index in [0.29, 0.717) is 0 Å². The molecule has 0 aliphatic heterocycles. The lowest BCUT2D eigenvalue weighted by atomic mass is 9.51. The van der Waals surface area contributed by atoms with Crippen LogP contribution in [0.1, 0.15) is 40.0 Å². The minimum absolute atomic E-state index is 0.0667. The van der Waals surface area contributed by atoms with Gasteiger partial charge in [0.2, 0.25) is 0 Å². The van der Waals surface area contributed by atoms with Crippen LogP contribution in [0.5, 0.6) is 0 Å². The molecule has 1 fully saturated rings. The molecule has 0 saturated heterocycles. The molecule has 0 aromatic rings. The zero-order chi connectivity index (χ0) is 14.6. The molecule has 0 heterocycles. The largest absolute Gasteiger partial charge is 0.385 e. The summed E-state index contributed by atoms with van der Waals surface area (Å²) in [5.41, 5.74) is 0.753. The van der Waals surface area contributed by atoms with Crippen molar-refractivity contribution < 1.29 is 5.11 Å². The Kier molecular flexibility index (Phi) is 4.11. The van der Waals surface area contributed by atoms with Crippen molar-refractivity contribution in [3.05, 3.63) is 22.7 Å². The van der Waals surface area contributed by atoms with E-state index in [2.05, 4.69) is 59.2 Å². The van der Waals surface area contributed by atoms with E-state index >= 15 is 0 Å². The van der Waals surface area contributed by atoms with Gasteiger partial charge in [-0.15, -0.1) is 11.6 Å². The van der Waals surface area contributed by atoms with Crippen molar-refractivity contribution in [2.45, 2.75) is 55.8 Å². The number of alkyl halides is 2. The molecule has 2 aliphatic rings. The normalized spacial score (nSPS) is 46.3. The molecule has 0 amide bonds. The highest BCUT2D eigenvalue weighted by Gasteiger charge is 2.57. The highest BCUT2D eigenvalue weighted by atomic mass is 79.9. The Hall–Kier alpha value is 0.690. The highest BCUT2D eigenvalue weighted by molar-refractivity contribution is 9.11. The Morgan fingerprint density at radius 1 is 1.37 bits per heavy atom. The predicted octanol–water partition coefficient (Wildman–Crippen LogP) is 5.15. The molecule has 1 saturated carbocycles. The van der Waals surface area contributed by atoms with Gasteiger partial charge in [0.15, 0.2) is 0 Å². The molecule has 0 bridgehead atoms. The van der Waals surface area contributed by atoms with Crippen LogP contribution < -0.4 is 0 Å². The Balaban J connectivity index is 2.48. The molecule has 0 aromatic heterocycles. The SMILES string of the molecule is C=C1C(O)C=C(Br)C(C)(C)C12CCC(C)(Cl)C(Br)C2. The van der Waals surface area contributed by atoms with E-state index < -0.39 is 6.10 Å². The molecule has 2 rings (SSSR count). The van der Waals surface area contributed by atoms with Gasteiger partial charge in [-0.05, 0) is 37.8 Å². The highest BCUT2D eigenvalue weighted by Crippen LogP contribution is 2.64. The minimum atomic E-state index is -0.568. The quantitative estimate of drug-likeness (QED) is 0.431. The third kappa shape index (κ3) is 2.29. The number of aliphatic hydroxyl groups is 1. The maximum Gasteiger partial charge on any atom is 0.0945 e. The average Bonchev–Trinajstić information content (AvgIpc) is 2.30. The van der Waals surface area contributed by atoms with Gasteiger partial charge in [-0.2, -0.15) is 0 Å². The van der Waals surface area contributed by atoms with Crippen LogP contribution in [0.2, 0.25) is 0 Å². The van der Waals surface area contributed by atoms with Crippen molar-refractivity contribution in [2.24, 2.45) is 10.8 Å². The van der Waals surface area contributed by atoms with Gasteiger partial charge in [0.25, 0.3) is 0 Å². The van der Waals surface area contributed by atoms with Crippen LogP contribution in [0.15, 0.2) is 22.7 Å². The van der Waals surface area contributed by atoms with Crippen molar-refractivity contribution in [1.29, 1.82) is 0 Å². The number of hydrogen-bond acceptors (Lipinski definition) is 1. The Bertz CT molecular complexity index is 441. The van der Waals surface area contributed by atoms with E-state index in [9.17, 15) is 5.11 Å². The van der Waals surface area contributed by atoms with Gasteiger partial charge in [-0.3, -0.25) is 0 Å². The van der Waals surface area contributed by atoms with Crippen LogP contribution in [0.25, 0.3) is 0 Å². The summed E-state index contributed by atoms with van der Waals surface area (Å²) >= 11 is 14.0. The van der Waals surface area contributed by atoms with Crippen LogP contribution >= 0.6 is 43.5 Å². The lowest BCUT2D eigenvalue weighted by molar-refractivity contribution is 0.0573. The Morgan fingerprint density at radius 3 is 2.47 bits per heavy atom. The Morgan fingerprint density at radius 2 is 1.95 bits per heavy atom. The predicted molar refractivity (Wildman–Crippen MR) is 89.2 cm³/mol. The first-order valence-electron chi connectivity index (χ1n) is 6.63. The van der Waals surface area contributed by atoms with E-state index in [1.165, 1.54) is 0 Å². The zero-order valence-corrected chi connectivity index (χ0v) is 15.6. The van der Waals surface area contributed by atoms with Crippen molar-refractivity contribution in [3.63, 3.8) is 0 Å². The third-order valence-corrected chi connectivity index (χ3v) is 8.60. The van der Waals surface area contributed by atoms with Gasteiger partial charge in [-0.1, -0.05) is 52.3 Å².